The number of halogens is 1. The minimum Gasteiger partial charge on any atom is -0.359 e. The van der Waals surface area contributed by atoms with Crippen LogP contribution in [0.4, 0.5) is 5.69 Å². The Kier molecular flexibility index (Phi) is 3.37. The summed E-state index contributed by atoms with van der Waals surface area (Å²) in [6, 6.07) is 6.18. The second kappa shape index (κ2) is 4.43. The number of benzene rings is 1. The summed E-state index contributed by atoms with van der Waals surface area (Å²) in [4.78, 5) is 2.53. The molecule has 1 aromatic rings. The SMILES string of the molecule is Cc1cc(Cl)ccc1N1C(C)(C)CNCC1(C)C. The first kappa shape index (κ1) is 13.7. The monoisotopic (exact) mass is 266 g/mol. The maximum Gasteiger partial charge on any atom is 0.0476 e. The lowest BCUT2D eigenvalue weighted by molar-refractivity contribution is 0.263. The van der Waals surface area contributed by atoms with E-state index >= 15 is 0 Å². The smallest absolute Gasteiger partial charge is 0.0476 e. The van der Waals surface area contributed by atoms with E-state index in [1.54, 1.807) is 0 Å². The third-order valence-electron chi connectivity index (χ3n) is 3.73. The molecule has 1 heterocycles. The molecule has 1 aliphatic heterocycles. The van der Waals surface area contributed by atoms with Crippen LogP contribution in [0.25, 0.3) is 0 Å². The summed E-state index contributed by atoms with van der Waals surface area (Å²) in [6.07, 6.45) is 0. The Bertz CT molecular complexity index is 436. The van der Waals surface area contributed by atoms with Crippen LogP contribution in [-0.2, 0) is 0 Å². The molecule has 0 radical (unpaired) electrons. The molecular formula is C15H23ClN2. The van der Waals surface area contributed by atoms with E-state index in [2.05, 4.69) is 50.9 Å². The Morgan fingerprint density at radius 2 is 1.67 bits per heavy atom. The van der Waals surface area contributed by atoms with Gasteiger partial charge < -0.3 is 10.2 Å². The van der Waals surface area contributed by atoms with Crippen molar-refractivity contribution in [1.82, 2.24) is 5.32 Å². The van der Waals surface area contributed by atoms with Gasteiger partial charge in [-0.25, -0.2) is 0 Å². The van der Waals surface area contributed by atoms with E-state index in [1.807, 2.05) is 12.1 Å². The molecular weight excluding hydrogens is 244 g/mol. The Balaban J connectivity index is 2.51. The molecule has 0 atom stereocenters. The molecule has 0 amide bonds. The summed E-state index contributed by atoms with van der Waals surface area (Å²) in [5.41, 5.74) is 2.72. The highest BCUT2D eigenvalue weighted by atomic mass is 35.5. The van der Waals surface area contributed by atoms with Gasteiger partial charge >= 0.3 is 0 Å². The average molecular weight is 267 g/mol. The normalized spacial score (nSPS) is 22.0. The maximum atomic E-state index is 6.07. The predicted molar refractivity (Wildman–Crippen MR) is 79.7 cm³/mol. The lowest BCUT2D eigenvalue weighted by Crippen LogP contribution is -2.68. The van der Waals surface area contributed by atoms with E-state index in [0.717, 1.165) is 18.1 Å². The van der Waals surface area contributed by atoms with Crippen LogP contribution in [0.1, 0.15) is 33.3 Å². The molecule has 1 saturated heterocycles. The van der Waals surface area contributed by atoms with Crippen molar-refractivity contribution in [2.75, 3.05) is 18.0 Å². The molecule has 3 heteroatoms. The van der Waals surface area contributed by atoms with Gasteiger partial charge in [0.1, 0.15) is 0 Å². The van der Waals surface area contributed by atoms with E-state index in [1.165, 1.54) is 11.3 Å². The molecule has 2 rings (SSSR count). The van der Waals surface area contributed by atoms with Gasteiger partial charge in [0.2, 0.25) is 0 Å². The third kappa shape index (κ3) is 2.36. The minimum atomic E-state index is 0.0976. The Labute approximate surface area is 115 Å². The molecule has 0 unspecified atom stereocenters. The van der Waals surface area contributed by atoms with Crippen molar-refractivity contribution >= 4 is 17.3 Å². The lowest BCUT2D eigenvalue weighted by Gasteiger charge is -2.55. The summed E-state index contributed by atoms with van der Waals surface area (Å²) in [7, 11) is 0. The van der Waals surface area contributed by atoms with Crippen molar-refractivity contribution in [3.05, 3.63) is 28.8 Å². The lowest BCUT2D eigenvalue weighted by atomic mass is 9.87. The number of anilines is 1. The van der Waals surface area contributed by atoms with Gasteiger partial charge in [-0.2, -0.15) is 0 Å². The van der Waals surface area contributed by atoms with E-state index in [4.69, 9.17) is 11.6 Å². The Morgan fingerprint density at radius 1 is 1.11 bits per heavy atom. The van der Waals surface area contributed by atoms with Crippen LogP contribution in [0.3, 0.4) is 0 Å². The highest BCUT2D eigenvalue weighted by molar-refractivity contribution is 6.30. The molecule has 0 saturated carbocycles. The van der Waals surface area contributed by atoms with E-state index in [0.29, 0.717) is 0 Å². The molecule has 100 valence electrons. The van der Waals surface area contributed by atoms with Crippen LogP contribution in [0.2, 0.25) is 5.02 Å². The van der Waals surface area contributed by atoms with Gasteiger partial charge in [-0.05, 0) is 58.4 Å². The number of aryl methyl sites for hydroxylation is 1. The van der Waals surface area contributed by atoms with Crippen molar-refractivity contribution in [3.63, 3.8) is 0 Å². The standard InChI is InChI=1S/C15H23ClN2/c1-11-8-12(16)6-7-13(11)18-14(2,3)9-17-10-15(18,4)5/h6-8,17H,9-10H2,1-5H3. The topological polar surface area (TPSA) is 15.3 Å². The van der Waals surface area contributed by atoms with Gasteiger partial charge in [0.25, 0.3) is 0 Å². The van der Waals surface area contributed by atoms with E-state index in [9.17, 15) is 0 Å². The Morgan fingerprint density at radius 3 is 2.17 bits per heavy atom. The number of rotatable bonds is 1. The zero-order chi connectivity index (χ0) is 13.6. The summed E-state index contributed by atoms with van der Waals surface area (Å²) in [6.45, 7) is 13.3. The van der Waals surface area contributed by atoms with Crippen molar-refractivity contribution in [2.45, 2.75) is 45.7 Å². The molecule has 2 nitrogen and oxygen atoms in total. The molecule has 0 spiro atoms. The number of hydrogen-bond acceptors (Lipinski definition) is 2. The van der Waals surface area contributed by atoms with Gasteiger partial charge in [0.05, 0.1) is 0 Å². The van der Waals surface area contributed by atoms with Gasteiger partial charge in [0.15, 0.2) is 0 Å². The first-order valence-corrected chi connectivity index (χ1v) is 6.89. The van der Waals surface area contributed by atoms with Gasteiger partial charge in [-0.15, -0.1) is 0 Å². The molecule has 1 N–H and O–H groups in total. The predicted octanol–water partition coefficient (Wildman–Crippen LogP) is 3.62. The number of hydrogen-bond donors (Lipinski definition) is 1. The first-order valence-electron chi connectivity index (χ1n) is 6.51. The van der Waals surface area contributed by atoms with Gasteiger partial charge in [-0.3, -0.25) is 0 Å². The molecule has 1 aliphatic rings. The quantitative estimate of drug-likeness (QED) is 0.835. The third-order valence-corrected chi connectivity index (χ3v) is 3.96. The summed E-state index contributed by atoms with van der Waals surface area (Å²) < 4.78 is 0. The maximum absolute atomic E-state index is 6.07. The number of piperazine rings is 1. The molecule has 0 aromatic heterocycles. The van der Waals surface area contributed by atoms with Crippen LogP contribution in [0.15, 0.2) is 18.2 Å². The van der Waals surface area contributed by atoms with Crippen molar-refractivity contribution in [3.8, 4) is 0 Å². The van der Waals surface area contributed by atoms with Gasteiger partial charge in [-0.1, -0.05) is 11.6 Å². The molecule has 0 aliphatic carbocycles. The molecule has 1 fully saturated rings. The van der Waals surface area contributed by atoms with Crippen LogP contribution in [0.5, 0.6) is 0 Å². The average Bonchev–Trinajstić information content (AvgIpc) is 2.19. The van der Waals surface area contributed by atoms with Crippen molar-refractivity contribution in [1.29, 1.82) is 0 Å². The highest BCUT2D eigenvalue weighted by Gasteiger charge is 2.41. The van der Waals surface area contributed by atoms with E-state index in [-0.39, 0.29) is 11.1 Å². The fourth-order valence-electron chi connectivity index (χ4n) is 3.17. The fraction of sp³-hybridized carbons (Fsp3) is 0.600. The van der Waals surface area contributed by atoms with Crippen LogP contribution in [-0.4, -0.2) is 24.2 Å². The van der Waals surface area contributed by atoms with Crippen LogP contribution < -0.4 is 10.2 Å². The zero-order valence-corrected chi connectivity index (χ0v) is 12.7. The molecule has 0 bridgehead atoms. The summed E-state index contributed by atoms with van der Waals surface area (Å²) in [5.74, 6) is 0. The van der Waals surface area contributed by atoms with Gasteiger partial charge in [0, 0.05) is 34.9 Å². The van der Waals surface area contributed by atoms with E-state index < -0.39 is 0 Å². The second-order valence-corrected chi connectivity index (χ2v) is 6.93. The summed E-state index contributed by atoms with van der Waals surface area (Å²) in [5, 5.41) is 4.34. The zero-order valence-electron chi connectivity index (χ0n) is 12.0. The van der Waals surface area contributed by atoms with Crippen molar-refractivity contribution in [2.24, 2.45) is 0 Å². The second-order valence-electron chi connectivity index (χ2n) is 6.49. The van der Waals surface area contributed by atoms with Crippen LogP contribution >= 0.6 is 11.6 Å². The number of nitrogens with zero attached hydrogens (tertiary/aromatic N) is 1. The molecule has 1 aromatic carbocycles. The highest BCUT2D eigenvalue weighted by Crippen LogP contribution is 2.37. The first-order chi connectivity index (χ1) is 8.24. The summed E-state index contributed by atoms with van der Waals surface area (Å²) >= 11 is 6.07. The minimum absolute atomic E-state index is 0.0976. The molecule has 18 heavy (non-hydrogen) atoms. The number of nitrogens with one attached hydrogen (secondary N) is 1. The van der Waals surface area contributed by atoms with Crippen LogP contribution in [0, 0.1) is 6.92 Å². The van der Waals surface area contributed by atoms with Crippen molar-refractivity contribution < 1.29 is 0 Å². The fourth-order valence-corrected chi connectivity index (χ4v) is 3.40. The largest absolute Gasteiger partial charge is 0.359 e. The Hall–Kier alpha value is -0.730.